The lowest BCUT2D eigenvalue weighted by Gasteiger charge is -2.35. The average molecular weight is 268 g/mol. The van der Waals surface area contributed by atoms with Crippen molar-refractivity contribution in [2.75, 3.05) is 0 Å². The predicted octanol–water partition coefficient (Wildman–Crippen LogP) is 5.48. The van der Waals surface area contributed by atoms with Gasteiger partial charge in [0, 0.05) is 5.41 Å². The maximum atomic E-state index is 12.6. The van der Waals surface area contributed by atoms with Crippen LogP contribution in [0.5, 0.6) is 0 Å². The van der Waals surface area contributed by atoms with Gasteiger partial charge in [-0.15, -0.1) is 0 Å². The fourth-order valence-corrected chi connectivity index (χ4v) is 3.04. The van der Waals surface area contributed by atoms with Crippen molar-refractivity contribution in [1.82, 2.24) is 0 Å². The summed E-state index contributed by atoms with van der Waals surface area (Å²) in [7, 11) is 0. The van der Waals surface area contributed by atoms with Crippen LogP contribution in [0.3, 0.4) is 0 Å². The Bertz CT molecular complexity index is 434. The minimum Gasteiger partial charge on any atom is -0.166 e. The lowest BCUT2D eigenvalue weighted by Crippen LogP contribution is -2.26. The summed E-state index contributed by atoms with van der Waals surface area (Å²) in [5, 5.41) is 0. The maximum absolute atomic E-state index is 12.6. The number of hydrogen-bond donors (Lipinski definition) is 0. The highest BCUT2D eigenvalue weighted by molar-refractivity contribution is 5.34. The van der Waals surface area contributed by atoms with Crippen molar-refractivity contribution in [2.45, 2.75) is 50.6 Å². The molecule has 0 radical (unpaired) electrons. The Morgan fingerprint density at radius 1 is 1.00 bits per heavy atom. The number of halogens is 3. The summed E-state index contributed by atoms with van der Waals surface area (Å²) in [5.41, 5.74) is 0.387. The number of rotatable bonds is 2. The number of hydrogen-bond acceptors (Lipinski definition) is 0. The summed E-state index contributed by atoms with van der Waals surface area (Å²) < 4.78 is 37.8. The van der Waals surface area contributed by atoms with Crippen molar-refractivity contribution in [3.05, 3.63) is 47.5 Å². The van der Waals surface area contributed by atoms with Crippen LogP contribution in [0.25, 0.3) is 0 Å². The van der Waals surface area contributed by atoms with Gasteiger partial charge in [-0.3, -0.25) is 0 Å². The second-order valence-electron chi connectivity index (χ2n) is 5.29. The van der Waals surface area contributed by atoms with E-state index in [9.17, 15) is 13.2 Å². The van der Waals surface area contributed by atoms with Gasteiger partial charge in [0.15, 0.2) is 0 Å². The summed E-state index contributed by atoms with van der Waals surface area (Å²) in [6.07, 6.45) is 5.50. The molecular formula is C16H19F3. The van der Waals surface area contributed by atoms with Crippen LogP contribution in [0.2, 0.25) is 0 Å². The maximum Gasteiger partial charge on any atom is 0.416 e. The van der Waals surface area contributed by atoms with Gasteiger partial charge in [0.2, 0.25) is 0 Å². The molecule has 1 aromatic carbocycles. The van der Waals surface area contributed by atoms with Gasteiger partial charge >= 0.3 is 6.18 Å². The molecule has 104 valence electrons. The van der Waals surface area contributed by atoms with E-state index in [1.165, 1.54) is 18.6 Å². The van der Waals surface area contributed by atoms with Crippen LogP contribution in [0.15, 0.2) is 36.4 Å². The topological polar surface area (TPSA) is 0 Å². The van der Waals surface area contributed by atoms with E-state index >= 15 is 0 Å². The van der Waals surface area contributed by atoms with E-state index in [1.54, 1.807) is 12.1 Å². The highest BCUT2D eigenvalue weighted by Gasteiger charge is 2.33. The van der Waals surface area contributed by atoms with Crippen LogP contribution in [-0.4, -0.2) is 0 Å². The third-order valence-electron chi connectivity index (χ3n) is 4.02. The first-order chi connectivity index (χ1) is 8.98. The first kappa shape index (κ1) is 14.2. The molecule has 1 aromatic rings. The molecule has 0 amide bonds. The molecule has 0 spiro atoms. The van der Waals surface area contributed by atoms with E-state index in [0.29, 0.717) is 0 Å². The molecule has 0 nitrogen and oxygen atoms in total. The minimum atomic E-state index is -4.25. The molecule has 0 aliphatic heterocycles. The molecule has 1 saturated carbocycles. The zero-order chi connectivity index (χ0) is 13.9. The highest BCUT2D eigenvalue weighted by atomic mass is 19.4. The molecule has 0 unspecified atom stereocenters. The summed E-state index contributed by atoms with van der Waals surface area (Å²) in [6.45, 7) is 1.97. The summed E-state index contributed by atoms with van der Waals surface area (Å²) >= 11 is 0. The van der Waals surface area contributed by atoms with Crippen LogP contribution in [-0.2, 0) is 11.6 Å². The van der Waals surface area contributed by atoms with Crippen molar-refractivity contribution >= 4 is 0 Å². The third-order valence-corrected chi connectivity index (χ3v) is 4.02. The zero-order valence-electron chi connectivity index (χ0n) is 11.1. The smallest absolute Gasteiger partial charge is 0.166 e. The Labute approximate surface area is 112 Å². The second kappa shape index (κ2) is 5.40. The van der Waals surface area contributed by atoms with Crippen molar-refractivity contribution in [2.24, 2.45) is 0 Å². The summed E-state index contributed by atoms with van der Waals surface area (Å²) in [5.74, 6) is 0. The van der Waals surface area contributed by atoms with Gasteiger partial charge in [0.25, 0.3) is 0 Å². The molecule has 0 saturated heterocycles. The van der Waals surface area contributed by atoms with Crippen LogP contribution >= 0.6 is 0 Å². The molecule has 0 N–H and O–H groups in total. The Morgan fingerprint density at radius 2 is 1.58 bits per heavy atom. The van der Waals surface area contributed by atoms with E-state index < -0.39 is 11.7 Å². The van der Waals surface area contributed by atoms with E-state index in [4.69, 9.17) is 0 Å². The molecule has 0 aromatic heterocycles. The van der Waals surface area contributed by atoms with Gasteiger partial charge in [0.1, 0.15) is 0 Å². The Hall–Kier alpha value is -1.25. The number of alkyl halides is 3. The monoisotopic (exact) mass is 268 g/mol. The van der Waals surface area contributed by atoms with Crippen molar-refractivity contribution in [1.29, 1.82) is 0 Å². The van der Waals surface area contributed by atoms with Crippen molar-refractivity contribution < 1.29 is 13.2 Å². The molecule has 1 aliphatic rings. The van der Waals surface area contributed by atoms with E-state index in [2.05, 4.69) is 6.08 Å². The van der Waals surface area contributed by atoms with E-state index in [0.717, 1.165) is 31.2 Å². The molecule has 0 bridgehead atoms. The van der Waals surface area contributed by atoms with Crippen LogP contribution in [0.1, 0.15) is 50.2 Å². The molecule has 1 fully saturated rings. The van der Waals surface area contributed by atoms with Gasteiger partial charge in [-0.1, -0.05) is 43.5 Å². The first-order valence-electron chi connectivity index (χ1n) is 6.79. The molecule has 0 heterocycles. The Balaban J connectivity index is 2.33. The predicted molar refractivity (Wildman–Crippen MR) is 71.0 cm³/mol. The van der Waals surface area contributed by atoms with E-state index in [-0.39, 0.29) is 5.41 Å². The third kappa shape index (κ3) is 3.02. The van der Waals surface area contributed by atoms with Gasteiger partial charge < -0.3 is 0 Å². The van der Waals surface area contributed by atoms with Crippen molar-refractivity contribution in [3.8, 4) is 0 Å². The first-order valence-corrected chi connectivity index (χ1v) is 6.79. The minimum absolute atomic E-state index is 0.0584. The largest absolute Gasteiger partial charge is 0.416 e. The Kier molecular flexibility index (Phi) is 4.02. The Morgan fingerprint density at radius 3 is 2.05 bits per heavy atom. The SMILES string of the molecule is C/C=C/C1(c2ccc(C(F)(F)F)cc2)CCCCC1. The fraction of sp³-hybridized carbons (Fsp3) is 0.500. The van der Waals surface area contributed by atoms with Crippen LogP contribution in [0.4, 0.5) is 13.2 Å². The zero-order valence-corrected chi connectivity index (χ0v) is 11.1. The van der Waals surface area contributed by atoms with E-state index in [1.807, 2.05) is 13.0 Å². The van der Waals surface area contributed by atoms with Gasteiger partial charge in [-0.25, -0.2) is 0 Å². The molecule has 19 heavy (non-hydrogen) atoms. The molecule has 1 aliphatic carbocycles. The quantitative estimate of drug-likeness (QED) is 0.623. The van der Waals surface area contributed by atoms with Crippen molar-refractivity contribution in [3.63, 3.8) is 0 Å². The van der Waals surface area contributed by atoms with Crippen LogP contribution in [0, 0.1) is 0 Å². The summed E-state index contributed by atoms with van der Waals surface area (Å²) in [4.78, 5) is 0. The summed E-state index contributed by atoms with van der Waals surface area (Å²) in [6, 6.07) is 5.70. The van der Waals surface area contributed by atoms with Gasteiger partial charge in [-0.05, 0) is 37.5 Å². The molecular weight excluding hydrogens is 249 g/mol. The normalized spacial score (nSPS) is 19.8. The lowest BCUT2D eigenvalue weighted by atomic mass is 9.69. The average Bonchev–Trinajstić information content (AvgIpc) is 2.39. The second-order valence-corrected chi connectivity index (χ2v) is 5.29. The molecule has 2 rings (SSSR count). The highest BCUT2D eigenvalue weighted by Crippen LogP contribution is 2.41. The number of allylic oxidation sites excluding steroid dienone is 2. The fourth-order valence-electron chi connectivity index (χ4n) is 3.04. The lowest BCUT2D eigenvalue weighted by molar-refractivity contribution is -0.137. The van der Waals surface area contributed by atoms with Gasteiger partial charge in [-0.2, -0.15) is 13.2 Å². The standard InChI is InChI=1S/C16H19F3/c1-2-10-15(11-4-3-5-12-15)13-6-8-14(9-7-13)16(17,18)19/h2,6-10H,3-5,11-12H2,1H3/b10-2+. The molecule has 0 atom stereocenters. The van der Waals surface area contributed by atoms with Gasteiger partial charge in [0.05, 0.1) is 5.56 Å². The molecule has 3 heteroatoms. The van der Waals surface area contributed by atoms with Crippen LogP contribution < -0.4 is 0 Å². The number of benzene rings is 1.